The Morgan fingerprint density at radius 1 is 1.14 bits per heavy atom. The van der Waals surface area contributed by atoms with Crippen molar-refractivity contribution in [2.75, 3.05) is 18.6 Å². The van der Waals surface area contributed by atoms with Gasteiger partial charge in [0, 0.05) is 19.2 Å². The third-order valence-corrected chi connectivity index (χ3v) is 4.56. The average molecular weight is 334 g/mol. The summed E-state index contributed by atoms with van der Waals surface area (Å²) in [6.45, 7) is 0.345. The molecule has 9 heteroatoms. The minimum atomic E-state index is -3.70. The van der Waals surface area contributed by atoms with Crippen LogP contribution in [0.5, 0.6) is 0 Å². The molecule has 0 aromatic heterocycles. The van der Waals surface area contributed by atoms with Crippen molar-refractivity contribution in [3.63, 3.8) is 0 Å². The first-order valence-corrected chi connectivity index (χ1v) is 9.75. The normalized spacial score (nSPS) is 12.1. The number of nitrogens with one attached hydrogen (secondary N) is 1. The van der Waals surface area contributed by atoms with Crippen LogP contribution in [0.1, 0.15) is 12.0 Å². The summed E-state index contributed by atoms with van der Waals surface area (Å²) in [5.74, 6) is -0.511. The Morgan fingerprint density at radius 2 is 1.71 bits per heavy atom. The van der Waals surface area contributed by atoms with Crippen molar-refractivity contribution in [1.29, 1.82) is 0 Å². The smallest absolute Gasteiger partial charge is 0.238 e. The van der Waals surface area contributed by atoms with Gasteiger partial charge < -0.3 is 5.32 Å². The highest BCUT2D eigenvalue weighted by Crippen LogP contribution is 2.08. The predicted octanol–water partition coefficient (Wildman–Crippen LogP) is -0.573. The highest BCUT2D eigenvalue weighted by molar-refractivity contribution is 7.90. The second kappa shape index (κ2) is 7.01. The molecule has 1 aromatic carbocycles. The Balaban J connectivity index is 2.41. The molecule has 0 radical (unpaired) electrons. The van der Waals surface area contributed by atoms with Crippen LogP contribution in [0.2, 0.25) is 0 Å². The SMILES string of the molecule is CS(=O)(=O)CCC(=O)NCCc1ccc(S(N)(=O)=O)cc1. The molecule has 0 saturated carbocycles. The average Bonchev–Trinajstić information content (AvgIpc) is 2.35. The number of hydrogen-bond acceptors (Lipinski definition) is 5. The number of hydrogen-bond donors (Lipinski definition) is 2. The van der Waals surface area contributed by atoms with E-state index in [4.69, 9.17) is 5.14 Å². The fourth-order valence-corrected chi connectivity index (χ4v) is 2.63. The monoisotopic (exact) mass is 334 g/mol. The zero-order valence-electron chi connectivity index (χ0n) is 11.6. The van der Waals surface area contributed by atoms with Crippen LogP contribution in [-0.4, -0.2) is 41.3 Å². The summed E-state index contributed by atoms with van der Waals surface area (Å²) in [6.07, 6.45) is 1.52. The quantitative estimate of drug-likeness (QED) is 0.691. The molecule has 1 rings (SSSR count). The Kier molecular flexibility index (Phi) is 5.87. The van der Waals surface area contributed by atoms with E-state index in [9.17, 15) is 21.6 Å². The number of amides is 1. The molecule has 3 N–H and O–H groups in total. The van der Waals surface area contributed by atoms with Gasteiger partial charge in [-0.15, -0.1) is 0 Å². The van der Waals surface area contributed by atoms with E-state index in [2.05, 4.69) is 5.32 Å². The lowest BCUT2D eigenvalue weighted by molar-refractivity contribution is -0.120. The van der Waals surface area contributed by atoms with Gasteiger partial charge in [-0.3, -0.25) is 4.79 Å². The maximum atomic E-state index is 11.4. The van der Waals surface area contributed by atoms with Crippen molar-refractivity contribution in [2.45, 2.75) is 17.7 Å². The third kappa shape index (κ3) is 7.21. The first-order valence-electron chi connectivity index (χ1n) is 6.14. The summed E-state index contributed by atoms with van der Waals surface area (Å²) < 4.78 is 44.0. The van der Waals surface area contributed by atoms with Gasteiger partial charge in [0.05, 0.1) is 10.6 Å². The molecule has 0 heterocycles. The molecule has 0 bridgehead atoms. The van der Waals surface area contributed by atoms with Crippen LogP contribution in [0.3, 0.4) is 0 Å². The molecule has 0 aliphatic heterocycles. The summed E-state index contributed by atoms with van der Waals surface area (Å²) in [4.78, 5) is 11.4. The van der Waals surface area contributed by atoms with Gasteiger partial charge in [0.25, 0.3) is 0 Å². The summed E-state index contributed by atoms with van der Waals surface area (Å²) in [6, 6.07) is 6.02. The van der Waals surface area contributed by atoms with Crippen LogP contribution in [-0.2, 0) is 31.1 Å². The largest absolute Gasteiger partial charge is 0.356 e. The van der Waals surface area contributed by atoms with E-state index in [1.54, 1.807) is 12.1 Å². The van der Waals surface area contributed by atoms with Crippen molar-refractivity contribution >= 4 is 25.8 Å². The van der Waals surface area contributed by atoms with E-state index in [0.29, 0.717) is 13.0 Å². The van der Waals surface area contributed by atoms with Crippen LogP contribution in [0, 0.1) is 0 Å². The molecular weight excluding hydrogens is 316 g/mol. The maximum absolute atomic E-state index is 11.4. The number of sulfonamides is 1. The van der Waals surface area contributed by atoms with Gasteiger partial charge in [0.2, 0.25) is 15.9 Å². The van der Waals surface area contributed by atoms with Crippen molar-refractivity contribution in [2.24, 2.45) is 5.14 Å². The van der Waals surface area contributed by atoms with Crippen LogP contribution in [0.25, 0.3) is 0 Å². The standard InChI is InChI=1S/C12H18N2O5S2/c1-20(16,17)9-7-12(15)14-8-6-10-2-4-11(5-3-10)21(13,18)19/h2-5H,6-9H2,1H3,(H,14,15)(H2,13,18,19). The van der Waals surface area contributed by atoms with Gasteiger partial charge in [0.15, 0.2) is 0 Å². The predicted molar refractivity (Wildman–Crippen MR) is 78.9 cm³/mol. The molecule has 118 valence electrons. The van der Waals surface area contributed by atoms with Gasteiger partial charge in [0.1, 0.15) is 9.84 Å². The Labute approximate surface area is 124 Å². The molecule has 0 unspecified atom stereocenters. The number of carbonyl (C=O) groups is 1. The Morgan fingerprint density at radius 3 is 2.19 bits per heavy atom. The number of carbonyl (C=O) groups excluding carboxylic acids is 1. The summed E-state index contributed by atoms with van der Waals surface area (Å²) in [7, 11) is -6.85. The number of primary sulfonamides is 1. The molecule has 0 atom stereocenters. The molecule has 0 aliphatic carbocycles. The minimum absolute atomic E-state index is 0.0310. The zero-order valence-corrected chi connectivity index (χ0v) is 13.2. The topological polar surface area (TPSA) is 123 Å². The van der Waals surface area contributed by atoms with Gasteiger partial charge in [-0.25, -0.2) is 22.0 Å². The van der Waals surface area contributed by atoms with E-state index in [1.807, 2.05) is 0 Å². The maximum Gasteiger partial charge on any atom is 0.238 e. The molecule has 0 spiro atoms. The first kappa shape index (κ1) is 17.6. The molecule has 0 aliphatic rings. The van der Waals surface area contributed by atoms with Gasteiger partial charge in [-0.2, -0.15) is 0 Å². The highest BCUT2D eigenvalue weighted by Gasteiger charge is 2.08. The molecule has 1 amide bonds. The number of rotatable bonds is 7. The van der Waals surface area contributed by atoms with Crippen LogP contribution >= 0.6 is 0 Å². The molecule has 21 heavy (non-hydrogen) atoms. The van der Waals surface area contributed by atoms with E-state index >= 15 is 0 Å². The fourth-order valence-electron chi connectivity index (χ4n) is 1.56. The van der Waals surface area contributed by atoms with Crippen molar-refractivity contribution in [3.8, 4) is 0 Å². The van der Waals surface area contributed by atoms with Gasteiger partial charge in [-0.05, 0) is 24.1 Å². The minimum Gasteiger partial charge on any atom is -0.356 e. The number of nitrogens with two attached hydrogens (primary N) is 1. The van der Waals surface area contributed by atoms with Crippen molar-refractivity contribution in [3.05, 3.63) is 29.8 Å². The Hall–Kier alpha value is -1.45. The zero-order chi connectivity index (χ0) is 16.1. The molecule has 0 saturated heterocycles. The van der Waals surface area contributed by atoms with E-state index in [0.717, 1.165) is 11.8 Å². The van der Waals surface area contributed by atoms with Crippen molar-refractivity contribution < 1.29 is 21.6 Å². The van der Waals surface area contributed by atoms with E-state index in [1.165, 1.54) is 12.1 Å². The number of sulfone groups is 1. The fraction of sp³-hybridized carbons (Fsp3) is 0.417. The summed E-state index contributed by atoms with van der Waals surface area (Å²) >= 11 is 0. The lowest BCUT2D eigenvalue weighted by Gasteiger charge is -2.05. The van der Waals surface area contributed by atoms with E-state index in [-0.39, 0.29) is 23.0 Å². The van der Waals surface area contributed by atoms with Gasteiger partial charge in [-0.1, -0.05) is 12.1 Å². The second-order valence-electron chi connectivity index (χ2n) is 4.67. The van der Waals surface area contributed by atoms with Crippen LogP contribution in [0.4, 0.5) is 0 Å². The lowest BCUT2D eigenvalue weighted by atomic mass is 10.1. The lowest BCUT2D eigenvalue weighted by Crippen LogP contribution is -2.27. The van der Waals surface area contributed by atoms with E-state index < -0.39 is 19.9 Å². The molecule has 1 aromatic rings. The molecule has 7 nitrogen and oxygen atoms in total. The highest BCUT2D eigenvalue weighted by atomic mass is 32.2. The summed E-state index contributed by atoms with van der Waals surface area (Å²) in [5, 5.41) is 7.58. The molecular formula is C12H18N2O5S2. The Bertz CT molecular complexity index is 694. The molecule has 0 fully saturated rings. The first-order chi connectivity index (χ1) is 9.58. The third-order valence-electron chi connectivity index (χ3n) is 2.69. The second-order valence-corrected chi connectivity index (χ2v) is 8.49. The van der Waals surface area contributed by atoms with Crippen molar-refractivity contribution in [1.82, 2.24) is 5.32 Å². The van der Waals surface area contributed by atoms with Gasteiger partial charge >= 0.3 is 0 Å². The van der Waals surface area contributed by atoms with Crippen LogP contribution in [0.15, 0.2) is 29.2 Å². The summed E-state index contributed by atoms with van der Waals surface area (Å²) in [5.41, 5.74) is 0.839. The number of benzene rings is 1. The van der Waals surface area contributed by atoms with Crippen LogP contribution < -0.4 is 10.5 Å².